The van der Waals surface area contributed by atoms with Gasteiger partial charge in [-0.25, -0.2) is 4.39 Å². The van der Waals surface area contributed by atoms with Gasteiger partial charge in [0.1, 0.15) is 5.82 Å². The zero-order valence-corrected chi connectivity index (χ0v) is 15.2. The molecule has 1 aliphatic rings. The molecular formula is C21H20FN3O3. The molecule has 6 nitrogen and oxygen atoms in total. The van der Waals surface area contributed by atoms with E-state index in [-0.39, 0.29) is 12.0 Å². The van der Waals surface area contributed by atoms with Crippen molar-refractivity contribution in [1.29, 1.82) is 0 Å². The third-order valence-electron chi connectivity index (χ3n) is 4.97. The topological polar surface area (TPSA) is 75.3 Å². The quantitative estimate of drug-likeness (QED) is 0.754. The number of carbonyl (C=O) groups excluding carboxylic acids is 1. The number of aromatic nitrogens is 2. The first kappa shape index (κ1) is 18.3. The number of ether oxygens (including phenoxy) is 1. The highest BCUT2D eigenvalue weighted by molar-refractivity contribution is 6.06. The Bertz CT molecular complexity index is 1040. The number of amides is 1. The van der Waals surface area contributed by atoms with Crippen molar-refractivity contribution >= 4 is 16.8 Å². The average molecular weight is 381 g/mol. The Hall–Kier alpha value is -3.06. The molecule has 0 aliphatic carbocycles. The van der Waals surface area contributed by atoms with Gasteiger partial charge in [0.15, 0.2) is 0 Å². The molecule has 0 unspecified atom stereocenters. The Morgan fingerprint density at radius 1 is 1.25 bits per heavy atom. The number of nitrogens with zero attached hydrogens (tertiary/aromatic N) is 2. The fourth-order valence-electron chi connectivity index (χ4n) is 3.50. The van der Waals surface area contributed by atoms with Crippen molar-refractivity contribution in [3.63, 3.8) is 0 Å². The summed E-state index contributed by atoms with van der Waals surface area (Å²) >= 11 is 0. The predicted molar refractivity (Wildman–Crippen MR) is 102 cm³/mol. The Kier molecular flexibility index (Phi) is 5.16. The summed E-state index contributed by atoms with van der Waals surface area (Å²) in [6.07, 6.45) is 5.03. The summed E-state index contributed by atoms with van der Waals surface area (Å²) in [6, 6.07) is 9.16. The second-order valence-corrected chi connectivity index (χ2v) is 6.90. The number of aromatic amines is 1. The molecule has 4 rings (SSSR count). The number of pyridine rings is 2. The van der Waals surface area contributed by atoms with Crippen LogP contribution in [0.1, 0.15) is 28.8 Å². The number of piperidine rings is 1. The minimum atomic E-state index is -0.459. The smallest absolute Gasteiger partial charge is 0.254 e. The van der Waals surface area contributed by atoms with E-state index in [0.717, 1.165) is 18.4 Å². The summed E-state index contributed by atoms with van der Waals surface area (Å²) < 4.78 is 19.4. The van der Waals surface area contributed by atoms with Gasteiger partial charge in [-0.15, -0.1) is 0 Å². The van der Waals surface area contributed by atoms with Crippen LogP contribution in [0.15, 0.2) is 53.6 Å². The highest BCUT2D eigenvalue weighted by atomic mass is 19.1. The third kappa shape index (κ3) is 3.94. The van der Waals surface area contributed by atoms with E-state index in [1.54, 1.807) is 17.3 Å². The van der Waals surface area contributed by atoms with E-state index in [2.05, 4.69) is 9.97 Å². The minimum absolute atomic E-state index is 0.0780. The van der Waals surface area contributed by atoms with E-state index in [9.17, 15) is 14.0 Å². The molecule has 1 aromatic carbocycles. The monoisotopic (exact) mass is 381 g/mol. The van der Waals surface area contributed by atoms with Crippen LogP contribution in [0.4, 0.5) is 4.39 Å². The van der Waals surface area contributed by atoms with Gasteiger partial charge in [-0.1, -0.05) is 6.07 Å². The molecule has 0 bridgehead atoms. The lowest BCUT2D eigenvalue weighted by Crippen LogP contribution is -2.41. The average Bonchev–Trinajstić information content (AvgIpc) is 2.72. The van der Waals surface area contributed by atoms with Crippen LogP contribution >= 0.6 is 0 Å². The van der Waals surface area contributed by atoms with Gasteiger partial charge >= 0.3 is 0 Å². The molecule has 0 atom stereocenters. The molecular weight excluding hydrogens is 361 g/mol. The van der Waals surface area contributed by atoms with Crippen molar-refractivity contribution in [2.24, 2.45) is 0 Å². The second-order valence-electron chi connectivity index (χ2n) is 6.90. The number of hydrogen-bond donors (Lipinski definition) is 1. The molecule has 2 aromatic heterocycles. The number of H-pyrrole nitrogens is 1. The largest absolute Gasteiger partial charge is 0.373 e. The maximum absolute atomic E-state index is 13.5. The fourth-order valence-corrected chi connectivity index (χ4v) is 3.50. The van der Waals surface area contributed by atoms with Gasteiger partial charge in [0, 0.05) is 36.9 Å². The number of halogens is 1. The summed E-state index contributed by atoms with van der Waals surface area (Å²) in [5.74, 6) is -0.673. The number of likely N-dealkylation sites (tertiary alicyclic amines) is 1. The molecule has 1 fully saturated rings. The molecule has 0 radical (unpaired) electrons. The SMILES string of the molecule is O=C(c1cc(=O)[nH]c2cc(F)ccc12)N1CCC(OCc2cccnc2)CC1. The summed E-state index contributed by atoms with van der Waals surface area (Å²) in [7, 11) is 0. The normalized spacial score (nSPS) is 15.1. The van der Waals surface area contributed by atoms with Crippen molar-refractivity contribution < 1.29 is 13.9 Å². The van der Waals surface area contributed by atoms with Crippen LogP contribution in [0.3, 0.4) is 0 Å². The lowest BCUT2D eigenvalue weighted by Gasteiger charge is -2.32. The Morgan fingerprint density at radius 3 is 2.82 bits per heavy atom. The molecule has 1 saturated heterocycles. The van der Waals surface area contributed by atoms with Crippen LogP contribution in [0.25, 0.3) is 10.9 Å². The zero-order valence-electron chi connectivity index (χ0n) is 15.2. The van der Waals surface area contributed by atoms with Crippen molar-refractivity contribution in [3.8, 4) is 0 Å². The Labute approximate surface area is 161 Å². The zero-order chi connectivity index (χ0) is 19.5. The van der Waals surface area contributed by atoms with E-state index >= 15 is 0 Å². The van der Waals surface area contributed by atoms with Crippen LogP contribution in [0.5, 0.6) is 0 Å². The lowest BCUT2D eigenvalue weighted by molar-refractivity contribution is -0.000428. The highest BCUT2D eigenvalue weighted by Crippen LogP contribution is 2.21. The maximum Gasteiger partial charge on any atom is 0.254 e. The first-order chi connectivity index (χ1) is 13.6. The predicted octanol–water partition coefficient (Wildman–Crippen LogP) is 2.88. The standard InChI is InChI=1S/C21H20FN3O3/c22-15-3-4-17-18(11-20(26)24-19(17)10-15)21(27)25-8-5-16(6-9-25)28-13-14-2-1-7-23-12-14/h1-4,7,10-12,16H,5-6,8-9,13H2,(H,24,26). The van der Waals surface area contributed by atoms with Crippen LogP contribution in [-0.4, -0.2) is 40.0 Å². The van der Waals surface area contributed by atoms with Crippen molar-refractivity contribution in [1.82, 2.24) is 14.9 Å². The van der Waals surface area contributed by atoms with Gasteiger partial charge < -0.3 is 14.6 Å². The van der Waals surface area contributed by atoms with Gasteiger partial charge in [-0.05, 0) is 42.7 Å². The van der Waals surface area contributed by atoms with E-state index in [1.165, 1.54) is 24.3 Å². The summed E-state index contributed by atoms with van der Waals surface area (Å²) in [4.78, 5) is 33.2. The minimum Gasteiger partial charge on any atom is -0.373 e. The molecule has 3 heterocycles. The number of carbonyl (C=O) groups is 1. The molecule has 0 saturated carbocycles. The highest BCUT2D eigenvalue weighted by Gasteiger charge is 2.25. The molecule has 3 aromatic rings. The van der Waals surface area contributed by atoms with Gasteiger partial charge in [-0.3, -0.25) is 14.6 Å². The van der Waals surface area contributed by atoms with Crippen LogP contribution in [0.2, 0.25) is 0 Å². The first-order valence-electron chi connectivity index (χ1n) is 9.22. The first-order valence-corrected chi connectivity index (χ1v) is 9.22. The van der Waals surface area contributed by atoms with E-state index in [4.69, 9.17) is 4.74 Å². The third-order valence-corrected chi connectivity index (χ3v) is 4.97. The van der Waals surface area contributed by atoms with Gasteiger partial charge in [0.25, 0.3) is 5.91 Å². The van der Waals surface area contributed by atoms with E-state index in [1.807, 2.05) is 12.1 Å². The summed E-state index contributed by atoms with van der Waals surface area (Å²) in [5.41, 5.74) is 1.22. The molecule has 7 heteroatoms. The number of nitrogens with one attached hydrogen (secondary N) is 1. The van der Waals surface area contributed by atoms with Gasteiger partial charge in [-0.2, -0.15) is 0 Å². The van der Waals surface area contributed by atoms with Gasteiger partial charge in [0.2, 0.25) is 5.56 Å². The maximum atomic E-state index is 13.5. The second kappa shape index (κ2) is 7.90. The van der Waals surface area contributed by atoms with Crippen molar-refractivity contribution in [3.05, 3.63) is 76.1 Å². The lowest BCUT2D eigenvalue weighted by atomic mass is 10.0. The fraction of sp³-hybridized carbons (Fsp3) is 0.286. The number of fused-ring (bicyclic) bond motifs is 1. The number of hydrogen-bond acceptors (Lipinski definition) is 4. The molecule has 1 aliphatic heterocycles. The molecule has 28 heavy (non-hydrogen) atoms. The Morgan fingerprint density at radius 2 is 2.07 bits per heavy atom. The number of rotatable bonds is 4. The summed E-state index contributed by atoms with van der Waals surface area (Å²) in [6.45, 7) is 1.59. The van der Waals surface area contributed by atoms with Crippen LogP contribution < -0.4 is 5.56 Å². The van der Waals surface area contributed by atoms with E-state index < -0.39 is 11.4 Å². The van der Waals surface area contributed by atoms with Crippen LogP contribution in [0, 0.1) is 5.82 Å². The summed E-state index contributed by atoms with van der Waals surface area (Å²) in [5, 5.41) is 0.543. The Balaban J connectivity index is 1.43. The number of benzene rings is 1. The molecule has 0 spiro atoms. The molecule has 1 amide bonds. The van der Waals surface area contributed by atoms with E-state index in [0.29, 0.717) is 36.2 Å². The van der Waals surface area contributed by atoms with Crippen molar-refractivity contribution in [2.45, 2.75) is 25.6 Å². The van der Waals surface area contributed by atoms with Crippen molar-refractivity contribution in [2.75, 3.05) is 13.1 Å². The van der Waals surface area contributed by atoms with Gasteiger partial charge in [0.05, 0.1) is 23.8 Å². The van der Waals surface area contributed by atoms with Crippen LogP contribution in [-0.2, 0) is 11.3 Å². The molecule has 1 N–H and O–H groups in total. The molecule has 144 valence electrons.